The van der Waals surface area contributed by atoms with Crippen LogP contribution in [0.25, 0.3) is 16.3 Å². The van der Waals surface area contributed by atoms with E-state index in [4.69, 9.17) is 16.3 Å². The molecule has 1 unspecified atom stereocenters. The lowest BCUT2D eigenvalue weighted by molar-refractivity contribution is -0.115. The highest BCUT2D eigenvalue weighted by molar-refractivity contribution is 8.00. The van der Waals surface area contributed by atoms with Crippen molar-refractivity contribution < 1.29 is 19.1 Å². The van der Waals surface area contributed by atoms with Gasteiger partial charge in [-0.1, -0.05) is 59.3 Å². The first kappa shape index (κ1) is 31.8. The lowest BCUT2D eigenvalue weighted by Crippen LogP contribution is -2.30. The largest absolute Gasteiger partial charge is 0.494 e. The normalized spacial score (nSPS) is 11.9. The van der Waals surface area contributed by atoms with Gasteiger partial charge >= 0.3 is 0 Å². The van der Waals surface area contributed by atoms with Crippen LogP contribution in [-0.4, -0.2) is 34.6 Å². The van der Waals surface area contributed by atoms with Crippen LogP contribution >= 0.6 is 34.7 Å². The number of hydrogen-bond donors (Lipinski definition) is 3. The third-order valence-corrected chi connectivity index (χ3v) is 8.66. The average molecular weight is 657 g/mol. The fraction of sp³-hybridized carbons (Fsp3) is 0.118. The quantitative estimate of drug-likeness (QED) is 0.0986. The lowest BCUT2D eigenvalue weighted by atomic mass is 10.1. The van der Waals surface area contributed by atoms with Crippen molar-refractivity contribution in [3.05, 3.63) is 119 Å². The van der Waals surface area contributed by atoms with Gasteiger partial charge in [0.2, 0.25) is 5.91 Å². The minimum atomic E-state index is -0.509. The second kappa shape index (κ2) is 14.9. The SMILES string of the molecule is CCOc1ccc2nc(NC(=O)C(C)Sc3cccc(NC(=O)/C(=C/c4ccc(Cl)cc4)NC(=O)c4ccccc4)c3)sc2c1. The predicted octanol–water partition coefficient (Wildman–Crippen LogP) is 7.88. The summed E-state index contributed by atoms with van der Waals surface area (Å²) in [5.74, 6) is -0.368. The van der Waals surface area contributed by atoms with Crippen molar-refractivity contribution in [1.29, 1.82) is 0 Å². The molecule has 0 saturated heterocycles. The van der Waals surface area contributed by atoms with Crippen molar-refractivity contribution in [2.75, 3.05) is 17.2 Å². The van der Waals surface area contributed by atoms with E-state index in [2.05, 4.69) is 20.9 Å². The van der Waals surface area contributed by atoms with Gasteiger partial charge in [0.15, 0.2) is 5.13 Å². The summed E-state index contributed by atoms with van der Waals surface area (Å²) in [7, 11) is 0. The van der Waals surface area contributed by atoms with Gasteiger partial charge in [0.25, 0.3) is 11.8 Å². The van der Waals surface area contributed by atoms with E-state index >= 15 is 0 Å². The number of rotatable bonds is 11. The topological polar surface area (TPSA) is 109 Å². The summed E-state index contributed by atoms with van der Waals surface area (Å²) in [4.78, 5) is 44.6. The third kappa shape index (κ3) is 8.72. The van der Waals surface area contributed by atoms with Gasteiger partial charge in [-0.25, -0.2) is 4.98 Å². The Morgan fingerprint density at radius 3 is 2.49 bits per heavy atom. The molecule has 0 fully saturated rings. The zero-order chi connectivity index (χ0) is 31.8. The maximum atomic E-state index is 13.4. The lowest BCUT2D eigenvalue weighted by Gasteiger charge is -2.13. The van der Waals surface area contributed by atoms with E-state index in [1.54, 1.807) is 79.7 Å². The Morgan fingerprint density at radius 1 is 0.956 bits per heavy atom. The van der Waals surface area contributed by atoms with Crippen molar-refractivity contribution in [3.63, 3.8) is 0 Å². The van der Waals surface area contributed by atoms with Gasteiger partial charge in [0.1, 0.15) is 11.4 Å². The minimum Gasteiger partial charge on any atom is -0.494 e. The summed E-state index contributed by atoms with van der Waals surface area (Å²) >= 11 is 8.75. The molecule has 1 heterocycles. The van der Waals surface area contributed by atoms with Gasteiger partial charge in [-0.05, 0) is 86.2 Å². The minimum absolute atomic E-state index is 0.0567. The van der Waals surface area contributed by atoms with Crippen molar-refractivity contribution in [3.8, 4) is 5.75 Å². The van der Waals surface area contributed by atoms with Gasteiger partial charge in [-0.15, -0.1) is 11.8 Å². The first-order valence-corrected chi connectivity index (χ1v) is 16.1. The van der Waals surface area contributed by atoms with E-state index in [-0.39, 0.29) is 11.6 Å². The highest BCUT2D eigenvalue weighted by Crippen LogP contribution is 2.31. The number of thiazole rings is 1. The number of anilines is 2. The standard InChI is InChI=1S/C34H29ClN4O4S2/c1-3-43-26-16-17-28-30(20-26)45-34(38-28)39-31(40)21(2)44-27-11-7-10-25(19-27)36-33(42)29(18-22-12-14-24(35)15-13-22)37-32(41)23-8-5-4-6-9-23/h4-21H,3H2,1-2H3,(H,36,42)(H,37,41)(H,38,39,40)/b29-18-. The molecule has 3 amide bonds. The summed E-state index contributed by atoms with van der Waals surface area (Å²) in [6.45, 7) is 4.30. The monoisotopic (exact) mass is 656 g/mol. The smallest absolute Gasteiger partial charge is 0.272 e. The third-order valence-electron chi connectivity index (χ3n) is 6.38. The Balaban J connectivity index is 1.26. The molecule has 3 N–H and O–H groups in total. The Labute approximate surface area is 273 Å². The van der Waals surface area contributed by atoms with E-state index in [0.29, 0.717) is 33.6 Å². The van der Waals surface area contributed by atoms with Crippen molar-refractivity contribution in [1.82, 2.24) is 10.3 Å². The number of carbonyl (C=O) groups is 3. The molecule has 1 atom stereocenters. The van der Waals surface area contributed by atoms with Crippen LogP contribution in [0.1, 0.15) is 29.8 Å². The zero-order valence-electron chi connectivity index (χ0n) is 24.4. The number of carbonyl (C=O) groups excluding carboxylic acids is 3. The molecule has 1 aromatic heterocycles. The van der Waals surface area contributed by atoms with Gasteiger partial charge in [0.05, 0.1) is 22.1 Å². The number of fused-ring (bicyclic) bond motifs is 1. The molecule has 0 bridgehead atoms. The Bertz CT molecular complexity index is 1860. The van der Waals surface area contributed by atoms with Crippen LogP contribution in [0.5, 0.6) is 5.75 Å². The molecule has 4 aromatic carbocycles. The van der Waals surface area contributed by atoms with Crippen LogP contribution in [0.4, 0.5) is 10.8 Å². The summed E-state index contributed by atoms with van der Waals surface area (Å²) in [6.07, 6.45) is 1.58. The average Bonchev–Trinajstić information content (AvgIpc) is 3.44. The van der Waals surface area contributed by atoms with E-state index in [1.807, 2.05) is 37.3 Å². The molecule has 228 valence electrons. The molecule has 0 aliphatic carbocycles. The number of amides is 3. The van der Waals surface area contributed by atoms with Crippen LogP contribution in [0, 0.1) is 0 Å². The number of hydrogen-bond acceptors (Lipinski definition) is 7. The molecule has 0 radical (unpaired) electrons. The van der Waals surface area contributed by atoms with E-state index in [9.17, 15) is 14.4 Å². The number of aromatic nitrogens is 1. The number of nitrogens with zero attached hydrogens (tertiary/aromatic N) is 1. The summed E-state index contributed by atoms with van der Waals surface area (Å²) in [5.41, 5.74) is 2.45. The first-order valence-electron chi connectivity index (χ1n) is 14.0. The highest BCUT2D eigenvalue weighted by atomic mass is 35.5. The first-order chi connectivity index (χ1) is 21.8. The second-order valence-corrected chi connectivity index (χ2v) is 12.6. The molecular weight excluding hydrogens is 628 g/mol. The molecule has 0 aliphatic heterocycles. The number of ether oxygens (including phenoxy) is 1. The molecular formula is C34H29ClN4O4S2. The fourth-order valence-corrected chi connectivity index (χ4v) is 6.14. The van der Waals surface area contributed by atoms with E-state index in [0.717, 1.165) is 20.9 Å². The maximum absolute atomic E-state index is 13.4. The predicted molar refractivity (Wildman–Crippen MR) is 183 cm³/mol. The molecule has 5 rings (SSSR count). The van der Waals surface area contributed by atoms with Crippen molar-refractivity contribution in [2.24, 2.45) is 0 Å². The van der Waals surface area contributed by atoms with Gasteiger partial charge in [-0.3, -0.25) is 14.4 Å². The van der Waals surface area contributed by atoms with Gasteiger partial charge in [-0.2, -0.15) is 0 Å². The molecule has 11 heteroatoms. The molecule has 5 aromatic rings. The zero-order valence-corrected chi connectivity index (χ0v) is 26.8. The van der Waals surface area contributed by atoms with E-state index in [1.165, 1.54) is 23.1 Å². The van der Waals surface area contributed by atoms with Crippen LogP contribution in [0.3, 0.4) is 0 Å². The molecule has 0 aliphatic rings. The number of halogens is 1. The summed E-state index contributed by atoms with van der Waals surface area (Å²) in [6, 6.07) is 28.3. The number of thioether (sulfide) groups is 1. The maximum Gasteiger partial charge on any atom is 0.272 e. The van der Waals surface area contributed by atoms with Gasteiger partial charge in [0, 0.05) is 21.2 Å². The number of benzene rings is 4. The van der Waals surface area contributed by atoms with Crippen LogP contribution in [-0.2, 0) is 9.59 Å². The van der Waals surface area contributed by atoms with Crippen molar-refractivity contribution in [2.45, 2.75) is 24.0 Å². The molecule has 45 heavy (non-hydrogen) atoms. The summed E-state index contributed by atoms with van der Waals surface area (Å²) < 4.78 is 6.48. The Hall–Kier alpha value is -4.64. The molecule has 0 spiro atoms. The highest BCUT2D eigenvalue weighted by Gasteiger charge is 2.19. The summed E-state index contributed by atoms with van der Waals surface area (Å²) in [5, 5.41) is 9.11. The second-order valence-electron chi connectivity index (χ2n) is 9.74. The fourth-order valence-electron chi connectivity index (χ4n) is 4.19. The van der Waals surface area contributed by atoms with Crippen molar-refractivity contribution >= 4 is 79.5 Å². The van der Waals surface area contributed by atoms with Crippen LogP contribution in [0.15, 0.2) is 108 Å². The Morgan fingerprint density at radius 2 is 1.73 bits per heavy atom. The van der Waals surface area contributed by atoms with Crippen LogP contribution in [0.2, 0.25) is 5.02 Å². The van der Waals surface area contributed by atoms with Gasteiger partial charge < -0.3 is 20.7 Å². The molecule has 8 nitrogen and oxygen atoms in total. The number of nitrogens with one attached hydrogen (secondary N) is 3. The Kier molecular flexibility index (Phi) is 10.5. The van der Waals surface area contributed by atoms with Crippen LogP contribution < -0.4 is 20.7 Å². The van der Waals surface area contributed by atoms with E-state index < -0.39 is 17.1 Å². The molecule has 0 saturated carbocycles.